The average molecular weight is 331 g/mol. The van der Waals surface area contributed by atoms with Crippen LogP contribution in [0.5, 0.6) is 0 Å². The maximum absolute atomic E-state index is 11.8. The first-order valence-corrected chi connectivity index (χ1v) is 7.41. The lowest BCUT2D eigenvalue weighted by atomic mass is 10.1. The van der Waals surface area contributed by atoms with Crippen molar-refractivity contribution in [3.05, 3.63) is 47.7 Å². The maximum Gasteiger partial charge on any atom is 0.338 e. The summed E-state index contributed by atoms with van der Waals surface area (Å²) in [4.78, 5) is 11.8. The van der Waals surface area contributed by atoms with Crippen molar-refractivity contribution in [2.45, 2.75) is 6.92 Å². The molecule has 0 atom stereocenters. The van der Waals surface area contributed by atoms with Crippen LogP contribution in [0.1, 0.15) is 23.0 Å². The molecule has 2 N–H and O–H groups in total. The van der Waals surface area contributed by atoms with Crippen LogP contribution in [0.15, 0.2) is 45.9 Å². The zero-order valence-electron chi connectivity index (χ0n) is 12.8. The van der Waals surface area contributed by atoms with Gasteiger partial charge in [-0.1, -0.05) is 18.2 Å². The largest absolute Gasteiger partial charge is 0.465 e. The van der Waals surface area contributed by atoms with E-state index in [1.54, 1.807) is 30.3 Å². The van der Waals surface area contributed by atoms with Crippen LogP contribution in [0.2, 0.25) is 0 Å². The van der Waals surface area contributed by atoms with Gasteiger partial charge in [0.2, 0.25) is 0 Å². The molecule has 0 unspecified atom stereocenters. The van der Waals surface area contributed by atoms with E-state index in [-0.39, 0.29) is 0 Å². The van der Waals surface area contributed by atoms with Gasteiger partial charge in [-0.2, -0.15) is 5.10 Å². The minimum absolute atomic E-state index is 0.412. The molecular formula is C16H17N3O3S. The molecule has 0 amide bonds. The Hall–Kier alpha value is -2.67. The van der Waals surface area contributed by atoms with Crippen molar-refractivity contribution in [1.29, 1.82) is 0 Å². The summed E-state index contributed by atoms with van der Waals surface area (Å²) in [5.74, 6) is 0.679. The number of thiocarbonyl (C=S) groups is 1. The average Bonchev–Trinajstić information content (AvgIpc) is 3.03. The number of carbonyl (C=O) groups excluding carboxylic acids is 1. The summed E-state index contributed by atoms with van der Waals surface area (Å²) >= 11 is 4.99. The number of furan rings is 1. The molecule has 0 spiro atoms. The lowest BCUT2D eigenvalue weighted by Crippen LogP contribution is -2.31. The molecule has 6 nitrogen and oxygen atoms in total. The topological polar surface area (TPSA) is 75.9 Å². The van der Waals surface area contributed by atoms with Gasteiger partial charge in [-0.05, 0) is 37.3 Å². The van der Waals surface area contributed by atoms with Crippen LogP contribution < -0.4 is 10.7 Å². The normalized spacial score (nSPS) is 10.5. The molecule has 2 aromatic rings. The summed E-state index contributed by atoms with van der Waals surface area (Å²) in [5, 5.41) is 7.33. The molecule has 0 radical (unpaired) electrons. The fourth-order valence-electron chi connectivity index (χ4n) is 1.91. The SMILES string of the molecule is CCNC(=S)NN=Cc1ccc(-c2ccccc2C(=O)OC)o1. The second kappa shape index (κ2) is 8.09. The Balaban J connectivity index is 2.15. The van der Waals surface area contributed by atoms with Crippen LogP contribution in [0.25, 0.3) is 11.3 Å². The highest BCUT2D eigenvalue weighted by molar-refractivity contribution is 7.80. The fourth-order valence-corrected chi connectivity index (χ4v) is 2.10. The number of hydrogen-bond acceptors (Lipinski definition) is 5. The first-order valence-electron chi connectivity index (χ1n) is 7.00. The van der Waals surface area contributed by atoms with Crippen molar-refractivity contribution in [3.63, 3.8) is 0 Å². The Labute approximate surface area is 139 Å². The first kappa shape index (κ1) is 16.7. The van der Waals surface area contributed by atoms with E-state index >= 15 is 0 Å². The first-order chi connectivity index (χ1) is 11.2. The van der Waals surface area contributed by atoms with Crippen molar-refractivity contribution >= 4 is 29.5 Å². The molecule has 120 valence electrons. The quantitative estimate of drug-likeness (QED) is 0.379. The number of rotatable bonds is 5. The highest BCUT2D eigenvalue weighted by Crippen LogP contribution is 2.25. The number of nitrogens with one attached hydrogen (secondary N) is 2. The smallest absolute Gasteiger partial charge is 0.338 e. The molecular weight excluding hydrogens is 314 g/mol. The third kappa shape index (κ3) is 4.40. The molecule has 0 bridgehead atoms. The maximum atomic E-state index is 11.8. The fraction of sp³-hybridized carbons (Fsp3) is 0.188. The third-order valence-electron chi connectivity index (χ3n) is 2.92. The zero-order chi connectivity index (χ0) is 16.7. The van der Waals surface area contributed by atoms with E-state index in [0.29, 0.717) is 27.8 Å². The summed E-state index contributed by atoms with van der Waals surface area (Å²) in [6.07, 6.45) is 1.51. The second-order valence-corrected chi connectivity index (χ2v) is 4.88. The van der Waals surface area contributed by atoms with E-state index < -0.39 is 5.97 Å². The standard InChI is InChI=1S/C16H17N3O3S/c1-3-17-16(23)19-18-10-11-8-9-14(22-11)12-6-4-5-7-13(12)15(20)21-2/h4-10H,3H2,1-2H3,(H2,17,19,23). The molecule has 1 aromatic carbocycles. The van der Waals surface area contributed by atoms with Crippen LogP contribution in [-0.2, 0) is 4.74 Å². The number of carbonyl (C=O) groups is 1. The predicted molar refractivity (Wildman–Crippen MR) is 92.5 cm³/mol. The van der Waals surface area contributed by atoms with Crippen LogP contribution in [0.4, 0.5) is 0 Å². The van der Waals surface area contributed by atoms with Gasteiger partial charge >= 0.3 is 5.97 Å². The molecule has 2 rings (SSSR count). The Kier molecular flexibility index (Phi) is 5.87. The second-order valence-electron chi connectivity index (χ2n) is 4.47. The van der Waals surface area contributed by atoms with E-state index in [2.05, 4.69) is 15.8 Å². The van der Waals surface area contributed by atoms with E-state index in [1.807, 2.05) is 13.0 Å². The summed E-state index contributed by atoms with van der Waals surface area (Å²) < 4.78 is 10.5. The molecule has 1 heterocycles. The predicted octanol–water partition coefficient (Wildman–Crippen LogP) is 2.55. The summed E-state index contributed by atoms with van der Waals surface area (Å²) in [5.41, 5.74) is 3.78. The molecule has 1 aromatic heterocycles. The molecule has 23 heavy (non-hydrogen) atoms. The monoisotopic (exact) mass is 331 g/mol. The molecule has 0 saturated heterocycles. The van der Waals surface area contributed by atoms with Crippen LogP contribution in [0.3, 0.4) is 0 Å². The molecule has 7 heteroatoms. The number of esters is 1. The van der Waals surface area contributed by atoms with Gasteiger partial charge in [-0.15, -0.1) is 0 Å². The molecule has 0 aliphatic heterocycles. The van der Waals surface area contributed by atoms with E-state index in [0.717, 1.165) is 6.54 Å². The summed E-state index contributed by atoms with van der Waals surface area (Å²) in [6.45, 7) is 2.66. The molecule has 0 aliphatic rings. The van der Waals surface area contributed by atoms with Crippen molar-refractivity contribution < 1.29 is 13.9 Å². The number of nitrogens with zero attached hydrogens (tertiary/aromatic N) is 1. The van der Waals surface area contributed by atoms with E-state index in [1.165, 1.54) is 13.3 Å². The number of hydrazone groups is 1. The minimum Gasteiger partial charge on any atom is -0.465 e. The van der Waals surface area contributed by atoms with Gasteiger partial charge in [0, 0.05) is 12.1 Å². The van der Waals surface area contributed by atoms with Crippen molar-refractivity contribution in [2.24, 2.45) is 5.10 Å². The number of ether oxygens (including phenoxy) is 1. The van der Waals surface area contributed by atoms with Gasteiger partial charge in [-0.3, -0.25) is 5.43 Å². The Bertz CT molecular complexity index is 725. The number of methoxy groups -OCH3 is 1. The molecule has 0 saturated carbocycles. The summed E-state index contributed by atoms with van der Waals surface area (Å²) in [7, 11) is 1.35. The number of hydrogen-bond donors (Lipinski definition) is 2. The van der Waals surface area contributed by atoms with Gasteiger partial charge in [0.25, 0.3) is 0 Å². The Morgan fingerprint density at radius 2 is 2.13 bits per heavy atom. The number of benzene rings is 1. The van der Waals surface area contributed by atoms with Gasteiger partial charge in [0.05, 0.1) is 18.9 Å². The van der Waals surface area contributed by atoms with E-state index in [9.17, 15) is 4.79 Å². The van der Waals surface area contributed by atoms with Gasteiger partial charge in [-0.25, -0.2) is 4.79 Å². The lowest BCUT2D eigenvalue weighted by Gasteiger charge is -2.04. The van der Waals surface area contributed by atoms with Crippen molar-refractivity contribution in [3.8, 4) is 11.3 Å². The minimum atomic E-state index is -0.412. The van der Waals surface area contributed by atoms with Crippen LogP contribution >= 0.6 is 12.2 Å². The Morgan fingerprint density at radius 1 is 1.35 bits per heavy atom. The van der Waals surface area contributed by atoms with Crippen LogP contribution in [0, 0.1) is 0 Å². The van der Waals surface area contributed by atoms with Gasteiger partial charge < -0.3 is 14.5 Å². The van der Waals surface area contributed by atoms with Gasteiger partial charge in [0.15, 0.2) is 5.11 Å². The highest BCUT2D eigenvalue weighted by atomic mass is 32.1. The lowest BCUT2D eigenvalue weighted by molar-refractivity contribution is 0.0601. The molecule has 0 aliphatic carbocycles. The van der Waals surface area contributed by atoms with Crippen LogP contribution in [-0.4, -0.2) is 31.0 Å². The summed E-state index contributed by atoms with van der Waals surface area (Å²) in [6, 6.07) is 10.6. The Morgan fingerprint density at radius 3 is 2.87 bits per heavy atom. The molecule has 0 fully saturated rings. The van der Waals surface area contributed by atoms with Crippen molar-refractivity contribution in [2.75, 3.05) is 13.7 Å². The van der Waals surface area contributed by atoms with E-state index in [4.69, 9.17) is 21.4 Å². The third-order valence-corrected chi connectivity index (χ3v) is 3.16. The van der Waals surface area contributed by atoms with Gasteiger partial charge in [0.1, 0.15) is 11.5 Å². The zero-order valence-corrected chi connectivity index (χ0v) is 13.6. The highest BCUT2D eigenvalue weighted by Gasteiger charge is 2.14. The van der Waals surface area contributed by atoms with Crippen molar-refractivity contribution in [1.82, 2.24) is 10.7 Å².